The first-order valence-corrected chi connectivity index (χ1v) is 10.4. The lowest BCUT2D eigenvalue weighted by atomic mass is 9.84. The van der Waals surface area contributed by atoms with E-state index in [0.29, 0.717) is 41.6 Å². The van der Waals surface area contributed by atoms with E-state index in [9.17, 15) is 19.2 Å². The lowest BCUT2D eigenvalue weighted by Gasteiger charge is -2.17. The SMILES string of the molecule is CCCCC[C@@H]1CC2=C(C[C@H](CCCC)CC3=C1C(=O)OC3=O)C(=O)OC2=O. The van der Waals surface area contributed by atoms with Crippen molar-refractivity contribution in [2.45, 2.75) is 78.1 Å². The van der Waals surface area contributed by atoms with Crippen molar-refractivity contribution in [2.24, 2.45) is 11.8 Å². The maximum absolute atomic E-state index is 12.5. The van der Waals surface area contributed by atoms with Gasteiger partial charge in [0.1, 0.15) is 0 Å². The van der Waals surface area contributed by atoms with Crippen molar-refractivity contribution < 1.29 is 28.7 Å². The highest BCUT2D eigenvalue weighted by Gasteiger charge is 2.43. The van der Waals surface area contributed by atoms with Crippen LogP contribution in [-0.4, -0.2) is 23.9 Å². The zero-order valence-corrected chi connectivity index (χ0v) is 16.7. The molecule has 0 amide bonds. The summed E-state index contributed by atoms with van der Waals surface area (Å²) in [5.74, 6) is -2.60. The first-order chi connectivity index (χ1) is 13.5. The molecule has 1 aliphatic carbocycles. The monoisotopic (exact) mass is 388 g/mol. The molecule has 2 heterocycles. The van der Waals surface area contributed by atoms with E-state index in [-0.39, 0.29) is 18.3 Å². The summed E-state index contributed by atoms with van der Waals surface area (Å²) in [6.07, 6.45) is 7.38. The minimum Gasteiger partial charge on any atom is -0.386 e. The Kier molecular flexibility index (Phi) is 6.47. The van der Waals surface area contributed by atoms with Gasteiger partial charge in [-0.3, -0.25) is 0 Å². The largest absolute Gasteiger partial charge is 0.386 e. The number of hydrogen-bond acceptors (Lipinski definition) is 6. The number of carbonyl (C=O) groups is 4. The number of ether oxygens (including phenoxy) is 2. The third-order valence-electron chi connectivity index (χ3n) is 5.99. The van der Waals surface area contributed by atoms with Gasteiger partial charge >= 0.3 is 23.9 Å². The Labute approximate surface area is 165 Å². The van der Waals surface area contributed by atoms with Crippen LogP contribution in [0.5, 0.6) is 0 Å². The molecule has 0 radical (unpaired) electrons. The van der Waals surface area contributed by atoms with Crippen molar-refractivity contribution in [1.29, 1.82) is 0 Å². The highest BCUT2D eigenvalue weighted by molar-refractivity contribution is 6.14. The molecule has 28 heavy (non-hydrogen) atoms. The molecule has 0 aromatic heterocycles. The van der Waals surface area contributed by atoms with Crippen LogP contribution in [0.15, 0.2) is 22.3 Å². The maximum Gasteiger partial charge on any atom is 0.342 e. The summed E-state index contributed by atoms with van der Waals surface area (Å²) < 4.78 is 9.85. The first-order valence-electron chi connectivity index (χ1n) is 10.4. The molecule has 0 saturated heterocycles. The van der Waals surface area contributed by atoms with Crippen molar-refractivity contribution in [2.75, 3.05) is 0 Å². The minimum absolute atomic E-state index is 0.00115. The third kappa shape index (κ3) is 4.10. The van der Waals surface area contributed by atoms with Gasteiger partial charge in [-0.25, -0.2) is 19.2 Å². The molecular formula is C22H28O6. The van der Waals surface area contributed by atoms with Gasteiger partial charge in [-0.1, -0.05) is 46.0 Å². The molecule has 6 heteroatoms. The number of unbranched alkanes of at least 4 members (excludes halogenated alkanes) is 3. The Morgan fingerprint density at radius 1 is 0.679 bits per heavy atom. The van der Waals surface area contributed by atoms with E-state index in [4.69, 9.17) is 9.47 Å². The summed E-state index contributed by atoms with van der Waals surface area (Å²) in [6, 6.07) is 0. The molecule has 3 rings (SSSR count). The molecule has 2 atom stereocenters. The normalized spacial score (nSPS) is 25.2. The minimum atomic E-state index is -0.600. The molecule has 3 aliphatic rings. The second-order valence-electron chi connectivity index (χ2n) is 8.02. The number of carbonyl (C=O) groups excluding carboxylic acids is 4. The Hall–Kier alpha value is -2.24. The quantitative estimate of drug-likeness (QED) is 0.373. The summed E-state index contributed by atoms with van der Waals surface area (Å²) in [6.45, 7) is 4.17. The summed E-state index contributed by atoms with van der Waals surface area (Å²) in [5, 5.41) is 0. The topological polar surface area (TPSA) is 86.7 Å². The number of esters is 4. The van der Waals surface area contributed by atoms with E-state index in [0.717, 1.165) is 38.5 Å². The van der Waals surface area contributed by atoms with Crippen molar-refractivity contribution in [1.82, 2.24) is 0 Å². The van der Waals surface area contributed by atoms with E-state index in [2.05, 4.69) is 13.8 Å². The van der Waals surface area contributed by atoms with Crippen LogP contribution in [0.1, 0.15) is 78.1 Å². The number of rotatable bonds is 7. The lowest BCUT2D eigenvalue weighted by molar-refractivity contribution is -0.153. The van der Waals surface area contributed by atoms with E-state index in [1.807, 2.05) is 0 Å². The molecule has 6 nitrogen and oxygen atoms in total. The van der Waals surface area contributed by atoms with Gasteiger partial charge in [0.25, 0.3) is 0 Å². The van der Waals surface area contributed by atoms with Crippen LogP contribution in [0.4, 0.5) is 0 Å². The molecule has 0 fully saturated rings. The second-order valence-corrected chi connectivity index (χ2v) is 8.02. The van der Waals surface area contributed by atoms with Gasteiger partial charge in [-0.15, -0.1) is 0 Å². The summed E-state index contributed by atoms with van der Waals surface area (Å²) in [4.78, 5) is 49.5. The van der Waals surface area contributed by atoms with Gasteiger partial charge in [-0.2, -0.15) is 0 Å². The van der Waals surface area contributed by atoms with Crippen molar-refractivity contribution in [3.63, 3.8) is 0 Å². The summed E-state index contributed by atoms with van der Waals surface area (Å²) >= 11 is 0. The molecule has 0 saturated carbocycles. The molecule has 0 aromatic carbocycles. The van der Waals surface area contributed by atoms with Crippen LogP contribution in [0.3, 0.4) is 0 Å². The van der Waals surface area contributed by atoms with Crippen molar-refractivity contribution in [3.8, 4) is 0 Å². The Balaban J connectivity index is 2.02. The molecule has 0 aromatic rings. The molecule has 0 N–H and O–H groups in total. The average Bonchev–Trinajstić information content (AvgIpc) is 3.09. The van der Waals surface area contributed by atoms with Gasteiger partial charge in [0.15, 0.2) is 0 Å². The predicted octanol–water partition coefficient (Wildman–Crippen LogP) is 3.93. The second kappa shape index (κ2) is 8.84. The first kappa shape index (κ1) is 20.5. The predicted molar refractivity (Wildman–Crippen MR) is 101 cm³/mol. The molecule has 0 spiro atoms. The highest BCUT2D eigenvalue weighted by Crippen LogP contribution is 2.42. The molecule has 2 aliphatic heterocycles. The van der Waals surface area contributed by atoms with Crippen molar-refractivity contribution in [3.05, 3.63) is 22.3 Å². The molecular weight excluding hydrogens is 360 g/mol. The van der Waals surface area contributed by atoms with Gasteiger partial charge in [0, 0.05) is 16.7 Å². The van der Waals surface area contributed by atoms with E-state index < -0.39 is 23.9 Å². The average molecular weight is 388 g/mol. The summed E-state index contributed by atoms with van der Waals surface area (Å²) in [7, 11) is 0. The van der Waals surface area contributed by atoms with E-state index in [1.54, 1.807) is 0 Å². The van der Waals surface area contributed by atoms with Crippen LogP contribution in [0.25, 0.3) is 0 Å². The zero-order valence-electron chi connectivity index (χ0n) is 16.7. The van der Waals surface area contributed by atoms with E-state index in [1.165, 1.54) is 0 Å². The molecule has 0 unspecified atom stereocenters. The Morgan fingerprint density at radius 3 is 1.93 bits per heavy atom. The summed E-state index contributed by atoms with van der Waals surface area (Å²) in [5.41, 5.74) is 1.69. The smallest absolute Gasteiger partial charge is 0.342 e. The third-order valence-corrected chi connectivity index (χ3v) is 5.99. The van der Waals surface area contributed by atoms with Gasteiger partial charge in [0.2, 0.25) is 0 Å². The fourth-order valence-corrected chi connectivity index (χ4v) is 4.49. The number of cyclic esters (lactones) is 4. The van der Waals surface area contributed by atoms with Gasteiger partial charge < -0.3 is 9.47 Å². The Morgan fingerprint density at radius 2 is 1.25 bits per heavy atom. The van der Waals surface area contributed by atoms with Crippen LogP contribution in [0, 0.1) is 11.8 Å². The van der Waals surface area contributed by atoms with Crippen LogP contribution in [-0.2, 0) is 28.7 Å². The van der Waals surface area contributed by atoms with E-state index >= 15 is 0 Å². The van der Waals surface area contributed by atoms with Crippen molar-refractivity contribution >= 4 is 23.9 Å². The van der Waals surface area contributed by atoms with Gasteiger partial charge in [-0.05, 0) is 43.9 Å². The maximum atomic E-state index is 12.5. The molecule has 152 valence electrons. The molecule has 0 bridgehead atoms. The van der Waals surface area contributed by atoms with Crippen LogP contribution in [0.2, 0.25) is 0 Å². The van der Waals surface area contributed by atoms with Crippen LogP contribution < -0.4 is 0 Å². The fourth-order valence-electron chi connectivity index (χ4n) is 4.49. The zero-order chi connectivity index (χ0) is 20.3. The highest BCUT2D eigenvalue weighted by atomic mass is 16.6. The Bertz CT molecular complexity index is 757. The van der Waals surface area contributed by atoms with Gasteiger partial charge in [0.05, 0.1) is 5.57 Å². The number of hydrogen-bond donors (Lipinski definition) is 0. The fraction of sp³-hybridized carbons (Fsp3) is 0.636. The van der Waals surface area contributed by atoms with Crippen LogP contribution >= 0.6 is 0 Å². The lowest BCUT2D eigenvalue weighted by Crippen LogP contribution is -2.15. The standard InChI is InChI=1S/C22H28O6/c1-3-5-7-9-14-12-16-15(19(23)27-20(16)24)10-13(8-6-4-2)11-17-18(14)22(26)28-21(17)25/h13-14H,3-12H2,1-2H3/t13-,14+/m0/s1.